The molecule has 0 saturated carbocycles. The minimum absolute atomic E-state index is 0.0746. The summed E-state index contributed by atoms with van der Waals surface area (Å²) in [6.45, 7) is 4.58. The van der Waals surface area contributed by atoms with Gasteiger partial charge in [0.25, 0.3) is 0 Å². The Kier molecular flexibility index (Phi) is 5.25. The Labute approximate surface area is 107 Å². The van der Waals surface area contributed by atoms with E-state index in [-0.39, 0.29) is 17.9 Å². The number of phenolic OH excluding ortho intramolecular Hbond substituents is 1. The summed E-state index contributed by atoms with van der Waals surface area (Å²) in [4.78, 5) is 0. The lowest BCUT2D eigenvalue weighted by Crippen LogP contribution is -2.47. The second-order valence-electron chi connectivity index (χ2n) is 4.24. The Hall–Kier alpha value is -0.770. The van der Waals surface area contributed by atoms with Gasteiger partial charge < -0.3 is 15.5 Å². The first-order valence-electron chi connectivity index (χ1n) is 5.90. The van der Waals surface area contributed by atoms with Gasteiger partial charge in [0.15, 0.2) is 0 Å². The highest BCUT2D eigenvalue weighted by atomic mass is 35.5. The van der Waals surface area contributed by atoms with Gasteiger partial charge in [0, 0.05) is 22.7 Å². The first kappa shape index (κ1) is 14.3. The Morgan fingerprint density at radius 1 is 1.29 bits per heavy atom. The van der Waals surface area contributed by atoms with E-state index in [1.807, 2.05) is 13.8 Å². The van der Waals surface area contributed by atoms with Crippen molar-refractivity contribution in [1.82, 2.24) is 5.32 Å². The second-order valence-corrected chi connectivity index (χ2v) is 4.64. The van der Waals surface area contributed by atoms with Gasteiger partial charge in [-0.15, -0.1) is 0 Å². The largest absolute Gasteiger partial charge is 0.508 e. The molecule has 4 heteroatoms. The number of halogens is 1. The Balaban J connectivity index is 2.79. The number of aliphatic hydroxyl groups excluding tert-OH is 1. The van der Waals surface area contributed by atoms with Gasteiger partial charge in [0.1, 0.15) is 5.75 Å². The highest BCUT2D eigenvalue weighted by Gasteiger charge is 2.24. The van der Waals surface area contributed by atoms with Gasteiger partial charge in [-0.3, -0.25) is 0 Å². The number of nitrogens with one attached hydrogen (secondary N) is 1. The molecule has 0 bridgehead atoms. The van der Waals surface area contributed by atoms with Crippen LogP contribution < -0.4 is 5.32 Å². The zero-order chi connectivity index (χ0) is 12.9. The standard InChI is InChI=1S/C13H20ClNO2/c1-3-13(4-2,9-16)15-8-10-11(14)6-5-7-12(10)17/h5-7,15-17H,3-4,8-9H2,1-2H3. The summed E-state index contributed by atoms with van der Waals surface area (Å²) in [6, 6.07) is 5.07. The monoisotopic (exact) mass is 257 g/mol. The molecule has 96 valence electrons. The van der Waals surface area contributed by atoms with Gasteiger partial charge in [-0.05, 0) is 25.0 Å². The van der Waals surface area contributed by atoms with Crippen molar-refractivity contribution in [1.29, 1.82) is 0 Å². The van der Waals surface area contributed by atoms with Crippen molar-refractivity contribution in [2.75, 3.05) is 6.61 Å². The van der Waals surface area contributed by atoms with Crippen LogP contribution in [0.5, 0.6) is 5.75 Å². The SMILES string of the molecule is CCC(CC)(CO)NCc1c(O)cccc1Cl. The number of hydrogen-bond donors (Lipinski definition) is 3. The molecule has 17 heavy (non-hydrogen) atoms. The predicted octanol–water partition coefficient (Wildman–Crippen LogP) is 2.69. The first-order valence-corrected chi connectivity index (χ1v) is 6.28. The number of aliphatic hydroxyl groups is 1. The molecule has 1 aromatic carbocycles. The fourth-order valence-electron chi connectivity index (χ4n) is 1.78. The maximum absolute atomic E-state index is 9.72. The topological polar surface area (TPSA) is 52.5 Å². The van der Waals surface area contributed by atoms with Gasteiger partial charge in [-0.2, -0.15) is 0 Å². The summed E-state index contributed by atoms with van der Waals surface area (Å²) >= 11 is 6.03. The third-order valence-electron chi connectivity index (χ3n) is 3.39. The lowest BCUT2D eigenvalue weighted by molar-refractivity contribution is 0.149. The minimum Gasteiger partial charge on any atom is -0.508 e. The van der Waals surface area contributed by atoms with E-state index in [4.69, 9.17) is 11.6 Å². The van der Waals surface area contributed by atoms with Crippen molar-refractivity contribution >= 4 is 11.6 Å². The molecule has 0 fully saturated rings. The molecule has 1 aromatic rings. The van der Waals surface area contributed by atoms with Crippen molar-refractivity contribution in [2.45, 2.75) is 38.8 Å². The molecule has 0 aliphatic carbocycles. The van der Waals surface area contributed by atoms with E-state index >= 15 is 0 Å². The summed E-state index contributed by atoms with van der Waals surface area (Å²) in [5, 5.41) is 23.0. The zero-order valence-electron chi connectivity index (χ0n) is 10.3. The van der Waals surface area contributed by atoms with Gasteiger partial charge in [-0.25, -0.2) is 0 Å². The molecule has 0 heterocycles. The van der Waals surface area contributed by atoms with E-state index < -0.39 is 0 Å². The molecule has 0 aliphatic heterocycles. The maximum atomic E-state index is 9.72. The van der Waals surface area contributed by atoms with Crippen LogP contribution in [0.25, 0.3) is 0 Å². The number of rotatable bonds is 6. The normalized spacial score (nSPS) is 11.8. The van der Waals surface area contributed by atoms with Crippen LogP contribution in [0.1, 0.15) is 32.3 Å². The third-order valence-corrected chi connectivity index (χ3v) is 3.74. The zero-order valence-corrected chi connectivity index (χ0v) is 11.1. The maximum Gasteiger partial charge on any atom is 0.121 e. The molecular formula is C13H20ClNO2. The molecule has 1 rings (SSSR count). The van der Waals surface area contributed by atoms with E-state index in [0.29, 0.717) is 17.1 Å². The molecule has 0 spiro atoms. The Morgan fingerprint density at radius 3 is 2.41 bits per heavy atom. The predicted molar refractivity (Wildman–Crippen MR) is 70.4 cm³/mol. The molecule has 0 unspecified atom stereocenters. The Bertz CT molecular complexity index is 336. The molecular weight excluding hydrogens is 238 g/mol. The number of phenols is 1. The molecule has 0 aliphatic rings. The van der Waals surface area contributed by atoms with Crippen LogP contribution >= 0.6 is 11.6 Å². The molecule has 3 N–H and O–H groups in total. The van der Waals surface area contributed by atoms with E-state index in [1.165, 1.54) is 0 Å². The Morgan fingerprint density at radius 2 is 1.94 bits per heavy atom. The van der Waals surface area contributed by atoms with Crippen molar-refractivity contribution in [3.05, 3.63) is 28.8 Å². The number of aromatic hydroxyl groups is 1. The summed E-state index contributed by atoms with van der Waals surface area (Å²) in [6.07, 6.45) is 1.65. The second kappa shape index (κ2) is 6.24. The van der Waals surface area contributed by atoms with E-state index in [0.717, 1.165) is 12.8 Å². The molecule has 3 nitrogen and oxygen atoms in total. The van der Waals surface area contributed by atoms with Crippen LogP contribution in [-0.2, 0) is 6.54 Å². The van der Waals surface area contributed by atoms with Gasteiger partial charge in [-0.1, -0.05) is 31.5 Å². The van der Waals surface area contributed by atoms with Crippen molar-refractivity contribution in [3.8, 4) is 5.75 Å². The first-order chi connectivity index (χ1) is 8.08. The van der Waals surface area contributed by atoms with Crippen LogP contribution in [0, 0.1) is 0 Å². The lowest BCUT2D eigenvalue weighted by Gasteiger charge is -2.31. The van der Waals surface area contributed by atoms with Crippen LogP contribution in [0.15, 0.2) is 18.2 Å². The number of benzene rings is 1. The van der Waals surface area contributed by atoms with E-state index in [9.17, 15) is 10.2 Å². The highest BCUT2D eigenvalue weighted by molar-refractivity contribution is 6.31. The lowest BCUT2D eigenvalue weighted by atomic mass is 9.93. The summed E-state index contributed by atoms with van der Waals surface area (Å²) < 4.78 is 0. The van der Waals surface area contributed by atoms with Crippen LogP contribution in [0.4, 0.5) is 0 Å². The average molecular weight is 258 g/mol. The molecule has 0 saturated heterocycles. The quantitative estimate of drug-likeness (QED) is 0.735. The summed E-state index contributed by atoms with van der Waals surface area (Å²) in [5.74, 6) is 0.184. The van der Waals surface area contributed by atoms with Crippen LogP contribution in [0.2, 0.25) is 5.02 Å². The van der Waals surface area contributed by atoms with Crippen molar-refractivity contribution < 1.29 is 10.2 Å². The van der Waals surface area contributed by atoms with E-state index in [2.05, 4.69) is 5.32 Å². The fourth-order valence-corrected chi connectivity index (χ4v) is 2.01. The summed E-state index contributed by atoms with van der Waals surface area (Å²) in [7, 11) is 0. The average Bonchev–Trinajstić information content (AvgIpc) is 2.34. The highest BCUT2D eigenvalue weighted by Crippen LogP contribution is 2.26. The van der Waals surface area contributed by atoms with Crippen LogP contribution in [0.3, 0.4) is 0 Å². The van der Waals surface area contributed by atoms with Gasteiger partial charge in [0.05, 0.1) is 6.61 Å². The molecule has 0 radical (unpaired) electrons. The molecule has 0 amide bonds. The summed E-state index contributed by atoms with van der Waals surface area (Å²) in [5.41, 5.74) is 0.375. The van der Waals surface area contributed by atoms with Gasteiger partial charge >= 0.3 is 0 Å². The molecule has 0 aromatic heterocycles. The molecule has 0 atom stereocenters. The number of hydrogen-bond acceptors (Lipinski definition) is 3. The van der Waals surface area contributed by atoms with Gasteiger partial charge in [0.2, 0.25) is 0 Å². The third kappa shape index (κ3) is 3.35. The fraction of sp³-hybridized carbons (Fsp3) is 0.538. The minimum atomic E-state index is -0.300. The van der Waals surface area contributed by atoms with Crippen molar-refractivity contribution in [3.63, 3.8) is 0 Å². The van der Waals surface area contributed by atoms with E-state index in [1.54, 1.807) is 18.2 Å². The van der Waals surface area contributed by atoms with Crippen LogP contribution in [-0.4, -0.2) is 22.4 Å². The van der Waals surface area contributed by atoms with Crippen molar-refractivity contribution in [2.24, 2.45) is 0 Å². The smallest absolute Gasteiger partial charge is 0.121 e.